The lowest BCUT2D eigenvalue weighted by Gasteiger charge is -2.26. The Balaban J connectivity index is 0.000000182. The van der Waals surface area contributed by atoms with E-state index < -0.39 is 0 Å². The molecule has 3 nitrogen and oxygen atoms in total. The van der Waals surface area contributed by atoms with Gasteiger partial charge in [-0.15, -0.1) is 0 Å². The first-order valence-corrected chi connectivity index (χ1v) is 10.7. The van der Waals surface area contributed by atoms with Gasteiger partial charge in [0.05, 0.1) is 0 Å². The Morgan fingerprint density at radius 2 is 1.06 bits per heavy atom. The predicted molar refractivity (Wildman–Crippen MR) is 130 cm³/mol. The molecule has 32 heavy (non-hydrogen) atoms. The molecule has 0 bridgehead atoms. The maximum atomic E-state index is 9.53. The fourth-order valence-corrected chi connectivity index (χ4v) is 3.64. The van der Waals surface area contributed by atoms with E-state index in [1.807, 2.05) is 54.6 Å². The van der Waals surface area contributed by atoms with Gasteiger partial charge in [0.2, 0.25) is 0 Å². The third kappa shape index (κ3) is 5.70. The molecule has 4 aromatic carbocycles. The van der Waals surface area contributed by atoms with Crippen molar-refractivity contribution in [2.24, 2.45) is 0 Å². The quantitative estimate of drug-likeness (QED) is 0.330. The zero-order valence-electron chi connectivity index (χ0n) is 18.7. The molecule has 3 N–H and O–H groups in total. The molecule has 0 amide bonds. The van der Waals surface area contributed by atoms with Gasteiger partial charge in [0.15, 0.2) is 0 Å². The molecule has 3 heteroatoms. The van der Waals surface area contributed by atoms with Crippen LogP contribution < -0.4 is 0 Å². The minimum absolute atomic E-state index is 0.202. The second-order valence-corrected chi connectivity index (χ2v) is 8.45. The molecule has 0 heterocycles. The molecule has 4 rings (SSSR count). The Hall–Kier alpha value is -3.72. The molecule has 0 saturated heterocycles. The van der Waals surface area contributed by atoms with Crippen LogP contribution in [0.3, 0.4) is 0 Å². The highest BCUT2D eigenvalue weighted by atomic mass is 16.3. The topological polar surface area (TPSA) is 60.7 Å². The smallest absolute Gasteiger partial charge is 0.115 e. The lowest BCUT2D eigenvalue weighted by molar-refractivity contribution is 0.471. The fourth-order valence-electron chi connectivity index (χ4n) is 3.64. The van der Waals surface area contributed by atoms with Crippen LogP contribution in [-0.4, -0.2) is 15.3 Å². The van der Waals surface area contributed by atoms with Crippen molar-refractivity contribution in [3.05, 3.63) is 125 Å². The van der Waals surface area contributed by atoms with E-state index in [4.69, 9.17) is 0 Å². The summed E-state index contributed by atoms with van der Waals surface area (Å²) in [4.78, 5) is 0. The fraction of sp³-hybridized carbons (Fsp3) is 0.172. The molecule has 1 unspecified atom stereocenters. The van der Waals surface area contributed by atoms with Crippen molar-refractivity contribution in [2.75, 3.05) is 0 Å². The number of phenols is 3. The Morgan fingerprint density at radius 3 is 1.62 bits per heavy atom. The van der Waals surface area contributed by atoms with Gasteiger partial charge in [-0.25, -0.2) is 0 Å². The first-order valence-electron chi connectivity index (χ1n) is 10.7. The average Bonchev–Trinajstić information content (AvgIpc) is 2.80. The Morgan fingerprint density at radius 1 is 0.531 bits per heavy atom. The van der Waals surface area contributed by atoms with E-state index >= 15 is 0 Å². The van der Waals surface area contributed by atoms with E-state index in [-0.39, 0.29) is 16.9 Å². The molecule has 0 saturated carbocycles. The van der Waals surface area contributed by atoms with Crippen LogP contribution in [0, 0.1) is 0 Å². The van der Waals surface area contributed by atoms with Crippen LogP contribution in [0.4, 0.5) is 0 Å². The minimum Gasteiger partial charge on any atom is -0.508 e. The van der Waals surface area contributed by atoms with Gasteiger partial charge in [-0.3, -0.25) is 0 Å². The molecular formula is C29H30O3. The molecular weight excluding hydrogens is 396 g/mol. The van der Waals surface area contributed by atoms with Gasteiger partial charge < -0.3 is 15.3 Å². The van der Waals surface area contributed by atoms with Crippen molar-refractivity contribution in [2.45, 2.75) is 32.1 Å². The Labute approximate surface area is 190 Å². The van der Waals surface area contributed by atoms with E-state index in [0.717, 1.165) is 11.1 Å². The number of aromatic hydroxyl groups is 3. The van der Waals surface area contributed by atoms with Crippen molar-refractivity contribution < 1.29 is 15.3 Å². The third-order valence-corrected chi connectivity index (χ3v) is 5.85. The van der Waals surface area contributed by atoms with E-state index in [1.54, 1.807) is 36.4 Å². The predicted octanol–water partition coefficient (Wildman–Crippen LogP) is 6.97. The lowest BCUT2D eigenvalue weighted by atomic mass is 9.78. The number of benzene rings is 4. The van der Waals surface area contributed by atoms with Crippen LogP contribution in [0.15, 0.2) is 103 Å². The monoisotopic (exact) mass is 426 g/mol. The zero-order chi connectivity index (χ0) is 23.1. The van der Waals surface area contributed by atoms with E-state index in [1.165, 1.54) is 11.1 Å². The van der Waals surface area contributed by atoms with Gasteiger partial charge in [-0.1, -0.05) is 87.5 Å². The molecule has 0 aliphatic carbocycles. The van der Waals surface area contributed by atoms with Gasteiger partial charge in [-0.2, -0.15) is 0 Å². The van der Waals surface area contributed by atoms with Gasteiger partial charge in [-0.05, 0) is 58.7 Å². The summed E-state index contributed by atoms with van der Waals surface area (Å²) in [5, 5.41) is 28.0. The molecule has 1 atom stereocenters. The first-order chi connectivity index (χ1) is 15.3. The van der Waals surface area contributed by atoms with Crippen LogP contribution in [-0.2, 0) is 5.41 Å². The SMILES string of the molecule is CC(C)(c1ccc(O)cc1)c1cccc(O)c1.CC(c1ccccc1)c1ccc(O)cc1. The van der Waals surface area contributed by atoms with Gasteiger partial charge in [0, 0.05) is 11.3 Å². The summed E-state index contributed by atoms with van der Waals surface area (Å²) in [6.07, 6.45) is 0. The van der Waals surface area contributed by atoms with E-state index in [2.05, 4.69) is 32.9 Å². The standard InChI is InChI=1S/C15H16O2.C14H14O/c1-15(2,11-6-8-13(16)9-7-11)12-4-3-5-14(17)10-12;1-11(12-5-3-2-4-6-12)13-7-9-14(15)10-8-13/h3-10,16-17H,1-2H3;2-11,15H,1H3. The summed E-state index contributed by atoms with van der Waals surface area (Å²) in [7, 11) is 0. The maximum Gasteiger partial charge on any atom is 0.115 e. The van der Waals surface area contributed by atoms with E-state index in [0.29, 0.717) is 11.7 Å². The highest BCUT2D eigenvalue weighted by Gasteiger charge is 2.23. The summed E-state index contributed by atoms with van der Waals surface area (Å²) in [6, 6.07) is 32.2. The second kappa shape index (κ2) is 10.1. The molecule has 0 aromatic heterocycles. The van der Waals surface area contributed by atoms with Crippen molar-refractivity contribution in [3.8, 4) is 17.2 Å². The normalized spacial score (nSPS) is 11.8. The van der Waals surface area contributed by atoms with Crippen LogP contribution in [0.1, 0.15) is 48.9 Å². The van der Waals surface area contributed by atoms with E-state index in [9.17, 15) is 15.3 Å². The summed E-state index contributed by atoms with van der Waals surface area (Å²) < 4.78 is 0. The molecule has 0 fully saturated rings. The minimum atomic E-state index is -0.202. The number of phenolic OH excluding ortho intramolecular Hbond substituents is 3. The number of hydrogen-bond donors (Lipinski definition) is 3. The molecule has 4 aromatic rings. The zero-order valence-corrected chi connectivity index (χ0v) is 18.7. The second-order valence-electron chi connectivity index (χ2n) is 8.45. The van der Waals surface area contributed by atoms with Crippen molar-refractivity contribution >= 4 is 0 Å². The van der Waals surface area contributed by atoms with Crippen molar-refractivity contribution in [1.82, 2.24) is 0 Å². The molecule has 164 valence electrons. The Bertz CT molecular complexity index is 1120. The third-order valence-electron chi connectivity index (χ3n) is 5.85. The van der Waals surface area contributed by atoms with Crippen LogP contribution >= 0.6 is 0 Å². The first kappa shape index (κ1) is 23.0. The van der Waals surface area contributed by atoms with Crippen molar-refractivity contribution in [3.63, 3.8) is 0 Å². The van der Waals surface area contributed by atoms with Crippen LogP contribution in [0.25, 0.3) is 0 Å². The van der Waals surface area contributed by atoms with Gasteiger partial charge in [0.25, 0.3) is 0 Å². The molecule has 0 spiro atoms. The molecule has 0 radical (unpaired) electrons. The summed E-state index contributed by atoms with van der Waals surface area (Å²) in [6.45, 7) is 6.35. The summed E-state index contributed by atoms with van der Waals surface area (Å²) >= 11 is 0. The summed E-state index contributed by atoms with van der Waals surface area (Å²) in [5.74, 6) is 1.22. The average molecular weight is 427 g/mol. The van der Waals surface area contributed by atoms with Crippen molar-refractivity contribution in [1.29, 1.82) is 0 Å². The summed E-state index contributed by atoms with van der Waals surface area (Å²) in [5.41, 5.74) is 4.46. The highest BCUT2D eigenvalue weighted by Crippen LogP contribution is 2.33. The highest BCUT2D eigenvalue weighted by molar-refractivity contribution is 5.42. The van der Waals surface area contributed by atoms with Crippen LogP contribution in [0.2, 0.25) is 0 Å². The van der Waals surface area contributed by atoms with Gasteiger partial charge in [0.1, 0.15) is 17.2 Å². The van der Waals surface area contributed by atoms with Crippen LogP contribution in [0.5, 0.6) is 17.2 Å². The maximum absolute atomic E-state index is 9.53. The number of rotatable bonds is 4. The molecule has 0 aliphatic heterocycles. The Kier molecular flexibility index (Phi) is 7.21. The molecule has 0 aliphatic rings. The largest absolute Gasteiger partial charge is 0.508 e. The number of hydrogen-bond acceptors (Lipinski definition) is 3. The lowest BCUT2D eigenvalue weighted by Crippen LogP contribution is -2.18. The van der Waals surface area contributed by atoms with Gasteiger partial charge >= 0.3 is 0 Å².